The summed E-state index contributed by atoms with van der Waals surface area (Å²) in [6, 6.07) is 19.7. The molecular weight excluding hydrogens is 454 g/mol. The van der Waals surface area contributed by atoms with Gasteiger partial charge in [-0.3, -0.25) is 9.69 Å². The molecule has 2 heterocycles. The van der Waals surface area contributed by atoms with Crippen LogP contribution in [0.15, 0.2) is 71.8 Å². The van der Waals surface area contributed by atoms with Gasteiger partial charge in [-0.05, 0) is 37.5 Å². The summed E-state index contributed by atoms with van der Waals surface area (Å²) in [5.41, 5.74) is 3.51. The number of amides is 1. The SMILES string of the molecule is O=C([O-])CCCCCN1C(=O)/C(=C\c2cn(-c3ccccc3)nc2-c2ccccc2)SC1=S. The molecule has 1 fully saturated rings. The molecule has 1 aliphatic heterocycles. The number of carbonyl (C=O) groups is 2. The summed E-state index contributed by atoms with van der Waals surface area (Å²) in [4.78, 5) is 25.7. The molecule has 0 bridgehead atoms. The molecule has 1 amide bonds. The van der Waals surface area contributed by atoms with E-state index in [1.165, 1.54) is 11.8 Å². The highest BCUT2D eigenvalue weighted by Gasteiger charge is 2.32. The standard InChI is InChI=1S/C25H23N3O3S2/c29-22(30)14-8-3-9-15-27-24(31)21(33-25(27)32)16-19-17-28(20-12-6-2-7-13-20)26-23(19)18-10-4-1-5-11-18/h1-2,4-7,10-13,16-17H,3,8-9,14-15H2,(H,29,30)/p-1/b21-16+. The number of thiocarbonyl (C=S) groups is 1. The molecule has 6 nitrogen and oxygen atoms in total. The quantitative estimate of drug-likeness (QED) is 0.263. The molecule has 1 aliphatic rings. The van der Waals surface area contributed by atoms with E-state index < -0.39 is 5.97 Å². The van der Waals surface area contributed by atoms with Crippen molar-refractivity contribution in [3.05, 3.63) is 77.3 Å². The zero-order valence-corrected chi connectivity index (χ0v) is 19.5. The molecule has 0 saturated carbocycles. The zero-order chi connectivity index (χ0) is 23.2. The molecule has 0 N–H and O–H groups in total. The molecule has 0 atom stereocenters. The van der Waals surface area contributed by atoms with Crippen LogP contribution in [0.2, 0.25) is 0 Å². The number of benzene rings is 2. The van der Waals surface area contributed by atoms with E-state index in [4.69, 9.17) is 17.3 Å². The number of hydrogen-bond acceptors (Lipinski definition) is 6. The Balaban J connectivity index is 1.57. The van der Waals surface area contributed by atoms with Gasteiger partial charge < -0.3 is 9.90 Å². The highest BCUT2D eigenvalue weighted by atomic mass is 32.2. The second kappa shape index (κ2) is 10.6. The summed E-state index contributed by atoms with van der Waals surface area (Å²) in [6.07, 6.45) is 5.73. The summed E-state index contributed by atoms with van der Waals surface area (Å²) in [5.74, 6) is -1.18. The Morgan fingerprint density at radius 3 is 2.42 bits per heavy atom. The maximum Gasteiger partial charge on any atom is 0.266 e. The molecule has 0 aliphatic carbocycles. The Morgan fingerprint density at radius 2 is 1.73 bits per heavy atom. The van der Waals surface area contributed by atoms with E-state index in [0.717, 1.165) is 22.5 Å². The average molecular weight is 477 g/mol. The Labute approximate surface area is 201 Å². The van der Waals surface area contributed by atoms with Crippen molar-refractivity contribution >= 4 is 46.3 Å². The van der Waals surface area contributed by atoms with E-state index in [1.54, 1.807) is 4.90 Å². The molecule has 1 aromatic heterocycles. The second-order valence-corrected chi connectivity index (χ2v) is 9.27. The van der Waals surface area contributed by atoms with Gasteiger partial charge in [0.15, 0.2) is 0 Å². The Kier molecular flexibility index (Phi) is 7.36. The minimum absolute atomic E-state index is 0.0337. The minimum atomic E-state index is -1.05. The number of hydrogen-bond donors (Lipinski definition) is 0. The third-order valence-corrected chi connectivity index (χ3v) is 6.61. The number of carboxylic acid groups (broad SMARTS) is 1. The molecule has 0 spiro atoms. The first-order valence-corrected chi connectivity index (χ1v) is 11.9. The van der Waals surface area contributed by atoms with Gasteiger partial charge in [0.2, 0.25) is 0 Å². The molecule has 0 radical (unpaired) electrons. The van der Waals surface area contributed by atoms with Crippen molar-refractivity contribution < 1.29 is 14.7 Å². The number of aromatic nitrogens is 2. The molecule has 1 saturated heterocycles. The fourth-order valence-corrected chi connectivity index (χ4v) is 4.88. The summed E-state index contributed by atoms with van der Waals surface area (Å²) >= 11 is 6.72. The van der Waals surface area contributed by atoms with Crippen molar-refractivity contribution in [3.63, 3.8) is 0 Å². The Hall–Kier alpha value is -3.23. The van der Waals surface area contributed by atoms with Gasteiger partial charge in [0.05, 0.1) is 16.3 Å². The van der Waals surface area contributed by atoms with Crippen LogP contribution in [0, 0.1) is 0 Å². The summed E-state index contributed by atoms with van der Waals surface area (Å²) in [7, 11) is 0. The van der Waals surface area contributed by atoms with Gasteiger partial charge in [-0.2, -0.15) is 5.10 Å². The molecular formula is C25H22N3O3S2-. The van der Waals surface area contributed by atoms with Gasteiger partial charge in [0.1, 0.15) is 4.32 Å². The van der Waals surface area contributed by atoms with E-state index in [2.05, 4.69) is 0 Å². The molecule has 3 aromatic rings. The Bertz CT molecular complexity index is 1190. The summed E-state index contributed by atoms with van der Waals surface area (Å²) < 4.78 is 2.33. The van der Waals surface area contributed by atoms with Crippen molar-refractivity contribution in [2.75, 3.05) is 6.54 Å². The fourth-order valence-electron chi connectivity index (χ4n) is 3.58. The monoisotopic (exact) mass is 476 g/mol. The topological polar surface area (TPSA) is 78.3 Å². The van der Waals surface area contributed by atoms with E-state index >= 15 is 0 Å². The van der Waals surface area contributed by atoms with Crippen LogP contribution in [0.3, 0.4) is 0 Å². The van der Waals surface area contributed by atoms with Crippen molar-refractivity contribution in [3.8, 4) is 16.9 Å². The molecule has 33 heavy (non-hydrogen) atoms. The lowest BCUT2D eigenvalue weighted by atomic mass is 10.1. The highest BCUT2D eigenvalue weighted by molar-refractivity contribution is 8.26. The van der Waals surface area contributed by atoms with Crippen LogP contribution in [0.1, 0.15) is 31.2 Å². The number of rotatable bonds is 9. The number of para-hydroxylation sites is 1. The molecule has 0 unspecified atom stereocenters. The highest BCUT2D eigenvalue weighted by Crippen LogP contribution is 2.35. The van der Waals surface area contributed by atoms with Crippen molar-refractivity contribution in [1.29, 1.82) is 0 Å². The van der Waals surface area contributed by atoms with Crippen LogP contribution >= 0.6 is 24.0 Å². The van der Waals surface area contributed by atoms with E-state index in [9.17, 15) is 14.7 Å². The summed E-state index contributed by atoms with van der Waals surface area (Å²) in [6.45, 7) is 0.476. The largest absolute Gasteiger partial charge is 0.550 e. The van der Waals surface area contributed by atoms with Gasteiger partial charge in [-0.1, -0.05) is 78.9 Å². The fraction of sp³-hybridized carbons (Fsp3) is 0.200. The van der Waals surface area contributed by atoms with Crippen molar-refractivity contribution in [2.45, 2.75) is 25.7 Å². The number of carboxylic acids is 1. The third-order valence-electron chi connectivity index (χ3n) is 5.23. The lowest BCUT2D eigenvalue weighted by Crippen LogP contribution is -2.29. The van der Waals surface area contributed by atoms with E-state index in [1.807, 2.05) is 77.6 Å². The van der Waals surface area contributed by atoms with Crippen molar-refractivity contribution in [2.24, 2.45) is 0 Å². The molecule has 8 heteroatoms. The van der Waals surface area contributed by atoms with Crippen LogP contribution in [-0.2, 0) is 9.59 Å². The van der Waals surface area contributed by atoms with Crippen LogP contribution in [0.25, 0.3) is 23.0 Å². The zero-order valence-electron chi connectivity index (χ0n) is 17.8. The first kappa shape index (κ1) is 22.9. The predicted molar refractivity (Wildman–Crippen MR) is 132 cm³/mol. The second-order valence-electron chi connectivity index (χ2n) is 7.60. The predicted octanol–water partition coefficient (Wildman–Crippen LogP) is 4.05. The maximum atomic E-state index is 13.0. The normalized spacial score (nSPS) is 14.9. The van der Waals surface area contributed by atoms with Crippen LogP contribution in [0.4, 0.5) is 0 Å². The van der Waals surface area contributed by atoms with Crippen LogP contribution in [-0.4, -0.2) is 37.4 Å². The third kappa shape index (κ3) is 5.58. The number of nitrogens with zero attached hydrogens (tertiary/aromatic N) is 3. The maximum absolute atomic E-state index is 13.0. The number of carbonyl (C=O) groups excluding carboxylic acids is 2. The van der Waals surface area contributed by atoms with E-state index in [0.29, 0.717) is 35.0 Å². The number of aliphatic carboxylic acids is 1. The van der Waals surface area contributed by atoms with Gasteiger partial charge >= 0.3 is 0 Å². The lowest BCUT2D eigenvalue weighted by Gasteiger charge is -2.14. The smallest absolute Gasteiger partial charge is 0.266 e. The molecule has 168 valence electrons. The first-order chi connectivity index (χ1) is 16.0. The first-order valence-electron chi connectivity index (χ1n) is 10.7. The van der Waals surface area contributed by atoms with Crippen molar-refractivity contribution in [1.82, 2.24) is 14.7 Å². The Morgan fingerprint density at radius 1 is 1.03 bits per heavy atom. The minimum Gasteiger partial charge on any atom is -0.550 e. The van der Waals surface area contributed by atoms with E-state index in [-0.39, 0.29) is 12.3 Å². The number of thioether (sulfide) groups is 1. The number of unbranched alkanes of at least 4 members (excludes halogenated alkanes) is 2. The summed E-state index contributed by atoms with van der Waals surface area (Å²) in [5, 5.41) is 15.3. The van der Waals surface area contributed by atoms with Gasteiger partial charge in [-0.15, -0.1) is 0 Å². The average Bonchev–Trinajstić information content (AvgIpc) is 3.36. The van der Waals surface area contributed by atoms with Crippen LogP contribution in [0.5, 0.6) is 0 Å². The molecule has 2 aromatic carbocycles. The lowest BCUT2D eigenvalue weighted by molar-refractivity contribution is -0.305. The van der Waals surface area contributed by atoms with Gasteiger partial charge in [0, 0.05) is 29.8 Å². The molecule has 4 rings (SSSR count). The van der Waals surface area contributed by atoms with Gasteiger partial charge in [-0.25, -0.2) is 4.68 Å². The van der Waals surface area contributed by atoms with Crippen LogP contribution < -0.4 is 5.11 Å². The van der Waals surface area contributed by atoms with Gasteiger partial charge in [0.25, 0.3) is 5.91 Å².